The zero-order chi connectivity index (χ0) is 20.3. The summed E-state index contributed by atoms with van der Waals surface area (Å²) in [6.07, 6.45) is 1.23. The number of hydrogen-bond donors (Lipinski definition) is 1. The molecule has 144 valence electrons. The Morgan fingerprint density at radius 2 is 2.14 bits per heavy atom. The highest BCUT2D eigenvalue weighted by atomic mass is 32.1. The monoisotopic (exact) mass is 400 g/mol. The van der Waals surface area contributed by atoms with E-state index < -0.39 is 22.1 Å². The second kappa shape index (κ2) is 8.01. The molecule has 3 aromatic rings. The molecule has 28 heavy (non-hydrogen) atoms. The van der Waals surface area contributed by atoms with Crippen molar-refractivity contribution in [2.45, 2.75) is 13.5 Å². The molecular formula is C18H16N4O5S. The van der Waals surface area contributed by atoms with Gasteiger partial charge in [-0.1, -0.05) is 18.2 Å². The molecule has 2 heterocycles. The molecule has 3 rings (SSSR count). The SMILES string of the molecule is COC(=O)c1cc([N+](=O)[O-])c(=O)n(Cc2csc(Nc3ccccc3C)n2)c1. The van der Waals surface area contributed by atoms with E-state index in [0.717, 1.165) is 29.0 Å². The van der Waals surface area contributed by atoms with Crippen molar-refractivity contribution in [3.63, 3.8) is 0 Å². The maximum Gasteiger partial charge on any atom is 0.339 e. The van der Waals surface area contributed by atoms with Crippen molar-refractivity contribution in [1.29, 1.82) is 0 Å². The number of esters is 1. The number of aryl methyl sites for hydroxylation is 1. The van der Waals surface area contributed by atoms with E-state index in [-0.39, 0.29) is 12.1 Å². The predicted octanol–water partition coefficient (Wildman–Crippen LogP) is 3.10. The molecule has 0 radical (unpaired) electrons. The second-order valence-corrected chi connectivity index (χ2v) is 6.74. The maximum absolute atomic E-state index is 12.3. The first kappa shape index (κ1) is 19.2. The lowest BCUT2D eigenvalue weighted by molar-refractivity contribution is -0.386. The highest BCUT2D eigenvalue weighted by Gasteiger charge is 2.20. The van der Waals surface area contributed by atoms with E-state index in [0.29, 0.717) is 10.8 Å². The minimum atomic E-state index is -0.822. The summed E-state index contributed by atoms with van der Waals surface area (Å²) in [5, 5.41) is 16.7. The van der Waals surface area contributed by atoms with E-state index >= 15 is 0 Å². The molecule has 1 N–H and O–H groups in total. The Kier molecular flexibility index (Phi) is 5.50. The number of carbonyl (C=O) groups excluding carboxylic acids is 1. The molecule has 0 unspecified atom stereocenters. The van der Waals surface area contributed by atoms with Crippen LogP contribution in [-0.2, 0) is 11.3 Å². The Morgan fingerprint density at radius 3 is 2.82 bits per heavy atom. The highest BCUT2D eigenvalue weighted by molar-refractivity contribution is 7.13. The first-order valence-corrected chi connectivity index (χ1v) is 9.01. The van der Waals surface area contributed by atoms with Crippen LogP contribution in [0.15, 0.2) is 46.7 Å². The molecule has 0 bridgehead atoms. The number of nitrogens with zero attached hydrogens (tertiary/aromatic N) is 3. The molecule has 0 saturated carbocycles. The standard InChI is InChI=1S/C18H16N4O5S/c1-11-5-3-4-6-14(11)20-18-19-13(10-28-18)9-21-8-12(17(24)27-2)7-15(16(21)23)22(25)26/h3-8,10H,9H2,1-2H3,(H,19,20). The van der Waals surface area contributed by atoms with Crippen LogP contribution in [0.4, 0.5) is 16.5 Å². The van der Waals surface area contributed by atoms with Gasteiger partial charge in [0.1, 0.15) is 0 Å². The van der Waals surface area contributed by atoms with Gasteiger partial charge >= 0.3 is 17.2 Å². The van der Waals surface area contributed by atoms with Gasteiger partial charge < -0.3 is 14.6 Å². The maximum atomic E-state index is 12.3. The Bertz CT molecular complexity index is 1110. The van der Waals surface area contributed by atoms with E-state index in [4.69, 9.17) is 0 Å². The minimum Gasteiger partial charge on any atom is -0.465 e. The molecule has 2 aromatic heterocycles. The summed E-state index contributed by atoms with van der Waals surface area (Å²) in [5.74, 6) is -0.767. The van der Waals surface area contributed by atoms with Gasteiger partial charge in [0.2, 0.25) is 0 Å². The van der Waals surface area contributed by atoms with Crippen LogP contribution in [0.1, 0.15) is 21.6 Å². The number of aromatic nitrogens is 2. The second-order valence-electron chi connectivity index (χ2n) is 5.88. The number of hydrogen-bond acceptors (Lipinski definition) is 8. The minimum absolute atomic E-state index is 0.0174. The molecule has 0 amide bonds. The summed E-state index contributed by atoms with van der Waals surface area (Å²) < 4.78 is 5.68. The molecule has 0 aliphatic heterocycles. The fourth-order valence-electron chi connectivity index (χ4n) is 2.54. The first-order valence-electron chi connectivity index (χ1n) is 8.13. The van der Waals surface area contributed by atoms with Gasteiger partial charge in [0, 0.05) is 23.3 Å². The zero-order valence-corrected chi connectivity index (χ0v) is 15.9. The first-order chi connectivity index (χ1) is 13.4. The fourth-order valence-corrected chi connectivity index (χ4v) is 3.25. The Labute approximate surface area is 163 Å². The zero-order valence-electron chi connectivity index (χ0n) is 15.0. The molecular weight excluding hydrogens is 384 g/mol. The topological polar surface area (TPSA) is 116 Å². The lowest BCUT2D eigenvalue weighted by Gasteiger charge is -2.07. The van der Waals surface area contributed by atoms with E-state index in [1.54, 1.807) is 5.38 Å². The molecule has 10 heteroatoms. The summed E-state index contributed by atoms with van der Waals surface area (Å²) in [6, 6.07) is 8.64. The number of rotatable bonds is 6. The molecule has 0 saturated heterocycles. The summed E-state index contributed by atoms with van der Waals surface area (Å²) >= 11 is 1.34. The number of thiazole rings is 1. The largest absolute Gasteiger partial charge is 0.465 e. The van der Waals surface area contributed by atoms with Crippen LogP contribution in [0, 0.1) is 17.0 Å². The lowest BCUT2D eigenvalue weighted by atomic mass is 10.2. The molecule has 0 fully saturated rings. The number of carbonyl (C=O) groups is 1. The van der Waals surface area contributed by atoms with Crippen molar-refractivity contribution in [3.8, 4) is 0 Å². The number of nitro groups is 1. The van der Waals surface area contributed by atoms with E-state index in [2.05, 4.69) is 15.0 Å². The van der Waals surface area contributed by atoms with Crippen molar-refractivity contribution in [3.05, 3.63) is 79.2 Å². The van der Waals surface area contributed by atoms with Gasteiger partial charge in [0.05, 0.1) is 29.8 Å². The Balaban J connectivity index is 1.90. The average Bonchev–Trinajstić information content (AvgIpc) is 3.11. The van der Waals surface area contributed by atoms with Crippen LogP contribution in [0.25, 0.3) is 0 Å². The molecule has 0 spiro atoms. The highest BCUT2D eigenvalue weighted by Crippen LogP contribution is 2.23. The summed E-state index contributed by atoms with van der Waals surface area (Å²) in [6.45, 7) is 1.95. The van der Waals surface area contributed by atoms with Crippen LogP contribution in [-0.4, -0.2) is 27.6 Å². The van der Waals surface area contributed by atoms with Crippen molar-refractivity contribution in [2.24, 2.45) is 0 Å². The van der Waals surface area contributed by atoms with Gasteiger partial charge in [-0.2, -0.15) is 0 Å². The van der Waals surface area contributed by atoms with Crippen molar-refractivity contribution >= 4 is 33.8 Å². The molecule has 1 aromatic carbocycles. The van der Waals surface area contributed by atoms with Crippen LogP contribution < -0.4 is 10.9 Å². The molecule has 0 aliphatic rings. The van der Waals surface area contributed by atoms with Gasteiger partial charge in [0.15, 0.2) is 5.13 Å². The Morgan fingerprint density at radius 1 is 1.39 bits per heavy atom. The number of nitrogens with one attached hydrogen (secondary N) is 1. The molecule has 9 nitrogen and oxygen atoms in total. The third kappa shape index (κ3) is 4.07. The van der Waals surface area contributed by atoms with Gasteiger partial charge in [0.25, 0.3) is 0 Å². The molecule has 0 atom stereocenters. The van der Waals surface area contributed by atoms with Gasteiger partial charge in [-0.15, -0.1) is 11.3 Å². The number of pyridine rings is 1. The van der Waals surface area contributed by atoms with Crippen LogP contribution >= 0.6 is 11.3 Å². The van der Waals surface area contributed by atoms with Gasteiger partial charge in [-0.05, 0) is 18.6 Å². The van der Waals surface area contributed by atoms with Crippen LogP contribution in [0.3, 0.4) is 0 Å². The number of ether oxygens (including phenoxy) is 1. The third-order valence-electron chi connectivity index (χ3n) is 3.96. The number of benzene rings is 1. The van der Waals surface area contributed by atoms with Gasteiger partial charge in [-0.3, -0.25) is 14.9 Å². The third-order valence-corrected chi connectivity index (χ3v) is 4.76. The van der Waals surface area contributed by atoms with Crippen LogP contribution in [0.5, 0.6) is 0 Å². The number of para-hydroxylation sites is 1. The summed E-state index contributed by atoms with van der Waals surface area (Å²) in [7, 11) is 1.16. The summed E-state index contributed by atoms with van der Waals surface area (Å²) in [4.78, 5) is 38.8. The van der Waals surface area contributed by atoms with Crippen molar-refractivity contribution in [1.82, 2.24) is 9.55 Å². The average molecular weight is 400 g/mol. The van der Waals surface area contributed by atoms with Crippen molar-refractivity contribution < 1.29 is 14.5 Å². The number of methoxy groups -OCH3 is 1. The van der Waals surface area contributed by atoms with E-state index in [9.17, 15) is 19.7 Å². The normalized spacial score (nSPS) is 10.5. The Hall–Kier alpha value is -3.53. The lowest BCUT2D eigenvalue weighted by Crippen LogP contribution is -2.24. The van der Waals surface area contributed by atoms with E-state index in [1.165, 1.54) is 17.5 Å². The fraction of sp³-hybridized carbons (Fsp3) is 0.167. The number of anilines is 2. The van der Waals surface area contributed by atoms with Crippen molar-refractivity contribution in [2.75, 3.05) is 12.4 Å². The smallest absolute Gasteiger partial charge is 0.339 e. The quantitative estimate of drug-likeness (QED) is 0.384. The van der Waals surface area contributed by atoms with E-state index in [1.807, 2.05) is 31.2 Å². The summed E-state index contributed by atoms with van der Waals surface area (Å²) in [5.41, 5.74) is 0.887. The van der Waals surface area contributed by atoms with Gasteiger partial charge in [-0.25, -0.2) is 9.78 Å². The van der Waals surface area contributed by atoms with Crippen LogP contribution in [0.2, 0.25) is 0 Å². The predicted molar refractivity (Wildman–Crippen MR) is 104 cm³/mol. The molecule has 0 aliphatic carbocycles.